The molecule has 2 N–H and O–H groups in total. The summed E-state index contributed by atoms with van der Waals surface area (Å²) >= 11 is 0. The van der Waals surface area contributed by atoms with Gasteiger partial charge in [0.25, 0.3) is 0 Å². The van der Waals surface area contributed by atoms with Gasteiger partial charge in [0, 0.05) is 18.7 Å². The molecule has 0 saturated carbocycles. The van der Waals surface area contributed by atoms with Crippen molar-refractivity contribution in [1.82, 2.24) is 5.16 Å². The van der Waals surface area contributed by atoms with E-state index in [-0.39, 0.29) is 0 Å². The van der Waals surface area contributed by atoms with Crippen LogP contribution in [0.15, 0.2) is 16.9 Å². The molecule has 1 aliphatic rings. The van der Waals surface area contributed by atoms with Crippen LogP contribution < -0.4 is 10.6 Å². The van der Waals surface area contributed by atoms with E-state index in [0.717, 1.165) is 25.3 Å². The molecule has 1 aromatic heterocycles. The van der Waals surface area contributed by atoms with E-state index in [1.54, 1.807) is 6.26 Å². The van der Waals surface area contributed by atoms with Crippen molar-refractivity contribution in [1.29, 1.82) is 0 Å². The van der Waals surface area contributed by atoms with Crippen molar-refractivity contribution in [2.75, 3.05) is 18.0 Å². The minimum absolute atomic E-state index is 0.565. The lowest BCUT2D eigenvalue weighted by Gasteiger charge is -2.22. The number of anilines is 1. The van der Waals surface area contributed by atoms with Crippen LogP contribution in [0.5, 0.6) is 0 Å². The first-order chi connectivity index (χ1) is 6.42. The molecule has 0 bridgehead atoms. The molecule has 1 unspecified atom stereocenters. The molecule has 0 aromatic carbocycles. The molecule has 4 heteroatoms. The lowest BCUT2D eigenvalue weighted by molar-refractivity contribution is 0.417. The van der Waals surface area contributed by atoms with Crippen LogP contribution in [-0.2, 0) is 0 Å². The third-order valence-corrected chi connectivity index (χ3v) is 2.60. The summed E-state index contributed by atoms with van der Waals surface area (Å²) in [7, 11) is 0. The maximum atomic E-state index is 5.55. The zero-order chi connectivity index (χ0) is 9.10. The summed E-state index contributed by atoms with van der Waals surface area (Å²) < 4.78 is 4.83. The van der Waals surface area contributed by atoms with Gasteiger partial charge in [-0.1, -0.05) is 5.16 Å². The van der Waals surface area contributed by atoms with E-state index in [9.17, 15) is 0 Å². The van der Waals surface area contributed by atoms with Gasteiger partial charge in [0.1, 0.15) is 6.26 Å². The SMILES string of the molecule is NCCC1CCCN1c1ccon1. The topological polar surface area (TPSA) is 55.3 Å². The van der Waals surface area contributed by atoms with Crippen LogP contribution in [0.2, 0.25) is 0 Å². The van der Waals surface area contributed by atoms with Crippen LogP contribution in [0.1, 0.15) is 19.3 Å². The van der Waals surface area contributed by atoms with Gasteiger partial charge in [-0.05, 0) is 25.8 Å². The van der Waals surface area contributed by atoms with Crippen molar-refractivity contribution >= 4 is 5.82 Å². The third kappa shape index (κ3) is 1.67. The van der Waals surface area contributed by atoms with Crippen molar-refractivity contribution in [3.63, 3.8) is 0 Å². The van der Waals surface area contributed by atoms with Gasteiger partial charge in [-0.25, -0.2) is 0 Å². The number of hydrogen-bond donors (Lipinski definition) is 1. The zero-order valence-corrected chi connectivity index (χ0v) is 7.65. The molecule has 1 atom stereocenters. The highest BCUT2D eigenvalue weighted by Gasteiger charge is 2.25. The molecule has 0 spiro atoms. The summed E-state index contributed by atoms with van der Waals surface area (Å²) in [6, 6.07) is 2.48. The van der Waals surface area contributed by atoms with Gasteiger partial charge in [-0.15, -0.1) is 0 Å². The fraction of sp³-hybridized carbons (Fsp3) is 0.667. The van der Waals surface area contributed by atoms with Crippen LogP contribution in [0.25, 0.3) is 0 Å². The lowest BCUT2D eigenvalue weighted by Crippen LogP contribution is -2.31. The summed E-state index contributed by atoms with van der Waals surface area (Å²) in [5.41, 5.74) is 5.55. The molecule has 2 rings (SSSR count). The molecule has 0 amide bonds. The van der Waals surface area contributed by atoms with Gasteiger partial charge in [-0.3, -0.25) is 0 Å². The quantitative estimate of drug-likeness (QED) is 0.755. The van der Waals surface area contributed by atoms with Crippen molar-refractivity contribution in [2.45, 2.75) is 25.3 Å². The van der Waals surface area contributed by atoms with Crippen molar-refractivity contribution in [3.05, 3.63) is 12.3 Å². The molecular weight excluding hydrogens is 166 g/mol. The Morgan fingerprint density at radius 1 is 1.69 bits per heavy atom. The zero-order valence-electron chi connectivity index (χ0n) is 7.65. The second-order valence-electron chi connectivity index (χ2n) is 3.42. The maximum Gasteiger partial charge on any atom is 0.172 e. The molecule has 1 aromatic rings. The van der Waals surface area contributed by atoms with Gasteiger partial charge in [0.15, 0.2) is 5.82 Å². The van der Waals surface area contributed by atoms with E-state index in [1.165, 1.54) is 12.8 Å². The highest BCUT2D eigenvalue weighted by atomic mass is 16.5. The predicted octanol–water partition coefficient (Wildman–Crippen LogP) is 0.992. The standard InChI is InChI=1S/C9H15N3O/c10-5-3-8-2-1-6-12(8)9-4-7-13-11-9/h4,7-8H,1-3,5-6,10H2. The van der Waals surface area contributed by atoms with E-state index in [4.69, 9.17) is 10.3 Å². The first-order valence-electron chi connectivity index (χ1n) is 4.79. The van der Waals surface area contributed by atoms with E-state index in [1.807, 2.05) is 6.07 Å². The molecule has 72 valence electrons. The van der Waals surface area contributed by atoms with Crippen molar-refractivity contribution < 1.29 is 4.52 Å². The smallest absolute Gasteiger partial charge is 0.172 e. The summed E-state index contributed by atoms with van der Waals surface area (Å²) in [6.07, 6.45) is 5.13. The maximum absolute atomic E-state index is 5.55. The Bertz CT molecular complexity index is 247. The van der Waals surface area contributed by atoms with Crippen molar-refractivity contribution in [2.24, 2.45) is 5.73 Å². The van der Waals surface area contributed by atoms with E-state index < -0.39 is 0 Å². The predicted molar refractivity (Wildman–Crippen MR) is 50.5 cm³/mol. The Labute approximate surface area is 77.7 Å². The highest BCUT2D eigenvalue weighted by molar-refractivity contribution is 5.38. The first kappa shape index (κ1) is 8.56. The fourth-order valence-corrected chi connectivity index (χ4v) is 1.98. The fourth-order valence-electron chi connectivity index (χ4n) is 1.98. The summed E-state index contributed by atoms with van der Waals surface area (Å²) in [5.74, 6) is 0.955. The summed E-state index contributed by atoms with van der Waals surface area (Å²) in [4.78, 5) is 2.29. The van der Waals surface area contributed by atoms with E-state index >= 15 is 0 Å². The largest absolute Gasteiger partial charge is 0.363 e. The molecular formula is C9H15N3O. The number of aromatic nitrogens is 1. The van der Waals surface area contributed by atoms with Gasteiger partial charge in [-0.2, -0.15) is 0 Å². The Morgan fingerprint density at radius 2 is 2.62 bits per heavy atom. The lowest BCUT2D eigenvalue weighted by atomic mass is 10.1. The molecule has 4 nitrogen and oxygen atoms in total. The molecule has 2 heterocycles. The highest BCUT2D eigenvalue weighted by Crippen LogP contribution is 2.25. The van der Waals surface area contributed by atoms with Crippen LogP contribution >= 0.6 is 0 Å². The second-order valence-corrected chi connectivity index (χ2v) is 3.42. The van der Waals surface area contributed by atoms with Crippen LogP contribution in [-0.4, -0.2) is 24.3 Å². The van der Waals surface area contributed by atoms with Gasteiger partial charge >= 0.3 is 0 Å². The average molecular weight is 181 g/mol. The molecule has 13 heavy (non-hydrogen) atoms. The van der Waals surface area contributed by atoms with Gasteiger partial charge in [0.05, 0.1) is 0 Å². The van der Waals surface area contributed by atoms with E-state index in [0.29, 0.717) is 6.04 Å². The molecule has 1 saturated heterocycles. The Hall–Kier alpha value is -1.03. The molecule has 0 aliphatic carbocycles. The Kier molecular flexibility index (Phi) is 2.49. The average Bonchev–Trinajstić information content (AvgIpc) is 2.71. The summed E-state index contributed by atoms with van der Waals surface area (Å²) in [5, 5.41) is 3.94. The van der Waals surface area contributed by atoms with Crippen LogP contribution in [0, 0.1) is 0 Å². The first-order valence-corrected chi connectivity index (χ1v) is 4.79. The minimum Gasteiger partial charge on any atom is -0.363 e. The number of nitrogens with two attached hydrogens (primary N) is 1. The third-order valence-electron chi connectivity index (χ3n) is 2.60. The number of rotatable bonds is 3. The number of nitrogens with zero attached hydrogens (tertiary/aromatic N) is 2. The number of hydrogen-bond acceptors (Lipinski definition) is 4. The minimum atomic E-state index is 0.565. The normalized spacial score (nSPS) is 22.5. The molecule has 1 fully saturated rings. The Balaban J connectivity index is 2.05. The van der Waals surface area contributed by atoms with E-state index in [2.05, 4.69) is 10.1 Å². The van der Waals surface area contributed by atoms with Crippen molar-refractivity contribution in [3.8, 4) is 0 Å². The second kappa shape index (κ2) is 3.79. The molecule has 0 radical (unpaired) electrons. The summed E-state index contributed by atoms with van der Waals surface area (Å²) in [6.45, 7) is 1.83. The van der Waals surface area contributed by atoms with Crippen LogP contribution in [0.3, 0.4) is 0 Å². The molecule has 1 aliphatic heterocycles. The Morgan fingerprint density at radius 3 is 3.31 bits per heavy atom. The monoisotopic (exact) mass is 181 g/mol. The van der Waals surface area contributed by atoms with Gasteiger partial charge < -0.3 is 15.2 Å². The van der Waals surface area contributed by atoms with Crippen LogP contribution in [0.4, 0.5) is 5.82 Å². The van der Waals surface area contributed by atoms with Gasteiger partial charge in [0.2, 0.25) is 0 Å².